The highest BCUT2D eigenvalue weighted by molar-refractivity contribution is 7.95. The molecule has 0 unspecified atom stereocenters. The summed E-state index contributed by atoms with van der Waals surface area (Å²) in [6.45, 7) is -0.0774. The van der Waals surface area contributed by atoms with Crippen molar-refractivity contribution in [2.45, 2.75) is 13.2 Å². The van der Waals surface area contributed by atoms with Crippen molar-refractivity contribution in [2.24, 2.45) is 0 Å². The maximum absolute atomic E-state index is 13.5. The van der Waals surface area contributed by atoms with E-state index in [1.807, 2.05) is 18.2 Å². The number of nitro groups is 1. The van der Waals surface area contributed by atoms with Gasteiger partial charge in [-0.1, -0.05) is 30.3 Å². The van der Waals surface area contributed by atoms with Crippen LogP contribution in [0.15, 0.2) is 72.1 Å². The first-order chi connectivity index (χ1) is 16.4. The molecule has 0 saturated heterocycles. The van der Waals surface area contributed by atoms with Crippen LogP contribution in [0.4, 0.5) is 11.4 Å². The van der Waals surface area contributed by atoms with E-state index in [4.69, 9.17) is 14.2 Å². The Bertz CT molecular complexity index is 1310. The molecule has 1 heterocycles. The van der Waals surface area contributed by atoms with Gasteiger partial charge in [0.15, 0.2) is 6.79 Å². The summed E-state index contributed by atoms with van der Waals surface area (Å²) in [7, 11) is -2.48. The number of sulfonamides is 1. The predicted molar refractivity (Wildman–Crippen MR) is 127 cm³/mol. The second-order valence-electron chi connectivity index (χ2n) is 7.42. The third-order valence-electron chi connectivity index (χ3n) is 5.20. The lowest BCUT2D eigenvalue weighted by Gasteiger charge is -2.26. The first kappa shape index (κ1) is 23.3. The standard InChI is InChI=1S/C24H22N2O7S/c1-31-23-9-7-21(8-10-23)25(34(29,30)12-11-18-5-3-2-4-6-18)15-19-13-22(26(27)28)14-20-16-32-17-33-24(19)20/h2-14H,15-17H2,1H3/b12-11+. The molecule has 4 rings (SSSR count). The van der Waals surface area contributed by atoms with Crippen LogP contribution >= 0.6 is 0 Å². The van der Waals surface area contributed by atoms with Gasteiger partial charge in [-0.05, 0) is 35.9 Å². The zero-order valence-corrected chi connectivity index (χ0v) is 19.1. The maximum atomic E-state index is 13.5. The zero-order chi connectivity index (χ0) is 24.1. The number of rotatable bonds is 8. The second-order valence-corrected chi connectivity index (χ2v) is 9.17. The van der Waals surface area contributed by atoms with Crippen LogP contribution in [0.3, 0.4) is 0 Å². The molecule has 0 atom stereocenters. The van der Waals surface area contributed by atoms with E-state index < -0.39 is 14.9 Å². The van der Waals surface area contributed by atoms with Gasteiger partial charge in [0.2, 0.25) is 0 Å². The first-order valence-corrected chi connectivity index (χ1v) is 11.8. The minimum atomic E-state index is -4.00. The minimum Gasteiger partial charge on any atom is -0.497 e. The molecule has 176 valence electrons. The molecule has 0 saturated carbocycles. The molecular weight excluding hydrogens is 460 g/mol. The van der Waals surface area contributed by atoms with Gasteiger partial charge in [0.05, 0.1) is 36.3 Å². The molecule has 3 aromatic rings. The molecule has 0 spiro atoms. The molecule has 1 aliphatic heterocycles. The van der Waals surface area contributed by atoms with E-state index in [1.165, 1.54) is 29.6 Å². The highest BCUT2D eigenvalue weighted by Gasteiger charge is 2.26. The summed E-state index contributed by atoms with van der Waals surface area (Å²) in [5, 5.41) is 12.6. The van der Waals surface area contributed by atoms with Gasteiger partial charge in [-0.2, -0.15) is 0 Å². The van der Waals surface area contributed by atoms with Crippen LogP contribution in [0.25, 0.3) is 6.08 Å². The van der Waals surface area contributed by atoms with E-state index in [9.17, 15) is 18.5 Å². The van der Waals surface area contributed by atoms with Gasteiger partial charge in [0.1, 0.15) is 11.5 Å². The summed E-state index contributed by atoms with van der Waals surface area (Å²) in [6.07, 6.45) is 1.50. The largest absolute Gasteiger partial charge is 0.497 e. The van der Waals surface area contributed by atoms with Gasteiger partial charge in [0, 0.05) is 23.3 Å². The van der Waals surface area contributed by atoms with Crippen molar-refractivity contribution in [1.29, 1.82) is 0 Å². The van der Waals surface area contributed by atoms with Crippen molar-refractivity contribution in [2.75, 3.05) is 18.2 Å². The Morgan fingerprint density at radius 2 is 1.85 bits per heavy atom. The van der Waals surface area contributed by atoms with Crippen molar-refractivity contribution < 1.29 is 27.6 Å². The van der Waals surface area contributed by atoms with Gasteiger partial charge in [-0.3, -0.25) is 14.4 Å². The van der Waals surface area contributed by atoms with E-state index in [0.29, 0.717) is 33.9 Å². The maximum Gasteiger partial charge on any atom is 0.270 e. The number of ether oxygens (including phenoxy) is 3. The van der Waals surface area contributed by atoms with Gasteiger partial charge >= 0.3 is 0 Å². The van der Waals surface area contributed by atoms with Crippen LogP contribution in [-0.2, 0) is 27.9 Å². The monoisotopic (exact) mass is 482 g/mol. The predicted octanol–water partition coefficient (Wildman–Crippen LogP) is 4.48. The van der Waals surface area contributed by atoms with Crippen LogP contribution in [0.5, 0.6) is 11.5 Å². The quantitative estimate of drug-likeness (QED) is 0.344. The Balaban J connectivity index is 1.78. The van der Waals surface area contributed by atoms with E-state index in [2.05, 4.69) is 0 Å². The molecule has 0 aliphatic carbocycles. The number of methoxy groups -OCH3 is 1. The van der Waals surface area contributed by atoms with Gasteiger partial charge in [-0.15, -0.1) is 0 Å². The highest BCUT2D eigenvalue weighted by atomic mass is 32.2. The average Bonchev–Trinajstić information content (AvgIpc) is 2.86. The van der Waals surface area contributed by atoms with E-state index in [0.717, 1.165) is 5.41 Å². The van der Waals surface area contributed by atoms with Crippen LogP contribution in [0.2, 0.25) is 0 Å². The molecule has 0 amide bonds. The van der Waals surface area contributed by atoms with Crippen molar-refractivity contribution >= 4 is 27.5 Å². The summed E-state index contributed by atoms with van der Waals surface area (Å²) < 4.78 is 44.1. The Hall–Kier alpha value is -3.89. The van der Waals surface area contributed by atoms with E-state index in [-0.39, 0.29) is 25.6 Å². The number of benzene rings is 3. The van der Waals surface area contributed by atoms with Crippen LogP contribution in [0, 0.1) is 10.1 Å². The topological polar surface area (TPSA) is 108 Å². The van der Waals surface area contributed by atoms with Crippen LogP contribution in [0.1, 0.15) is 16.7 Å². The Morgan fingerprint density at radius 1 is 1.12 bits per heavy atom. The summed E-state index contributed by atoms with van der Waals surface area (Å²) in [5.41, 5.74) is 1.76. The fourth-order valence-corrected chi connectivity index (χ4v) is 4.75. The van der Waals surface area contributed by atoms with Gasteiger partial charge in [-0.25, -0.2) is 8.42 Å². The number of hydrogen-bond donors (Lipinski definition) is 0. The third-order valence-corrected chi connectivity index (χ3v) is 6.63. The lowest BCUT2D eigenvalue weighted by molar-refractivity contribution is -0.385. The molecule has 9 nitrogen and oxygen atoms in total. The number of nitro benzene ring substituents is 1. The van der Waals surface area contributed by atoms with E-state index >= 15 is 0 Å². The van der Waals surface area contributed by atoms with Crippen molar-refractivity contribution in [3.63, 3.8) is 0 Å². The van der Waals surface area contributed by atoms with Crippen LogP contribution < -0.4 is 13.8 Å². The van der Waals surface area contributed by atoms with Gasteiger partial charge in [0.25, 0.3) is 15.7 Å². The molecule has 34 heavy (non-hydrogen) atoms. The third kappa shape index (κ3) is 5.19. The SMILES string of the molecule is COc1ccc(N(Cc2cc([N+](=O)[O-])cc3c2OCOC3)S(=O)(=O)/C=C/c2ccccc2)cc1. The summed E-state index contributed by atoms with van der Waals surface area (Å²) in [5.74, 6) is 0.951. The molecule has 1 aliphatic rings. The zero-order valence-electron chi connectivity index (χ0n) is 18.3. The number of hydrogen-bond acceptors (Lipinski definition) is 7. The van der Waals surface area contributed by atoms with E-state index in [1.54, 1.807) is 36.4 Å². The summed E-state index contributed by atoms with van der Waals surface area (Å²) in [6, 6.07) is 18.2. The molecule has 10 heteroatoms. The molecule has 0 N–H and O–H groups in total. The Morgan fingerprint density at radius 3 is 2.53 bits per heavy atom. The normalized spacial score (nSPS) is 13.2. The van der Waals surface area contributed by atoms with Crippen molar-refractivity contribution in [1.82, 2.24) is 0 Å². The number of nitrogens with zero attached hydrogens (tertiary/aromatic N) is 2. The Kier molecular flexibility index (Phi) is 6.80. The molecule has 3 aromatic carbocycles. The van der Waals surface area contributed by atoms with Crippen molar-refractivity contribution in [3.8, 4) is 11.5 Å². The second kappa shape index (κ2) is 9.94. The fourth-order valence-electron chi connectivity index (χ4n) is 3.54. The number of anilines is 1. The number of fused-ring (bicyclic) bond motifs is 1. The molecular formula is C24H22N2O7S. The highest BCUT2D eigenvalue weighted by Crippen LogP contribution is 2.35. The minimum absolute atomic E-state index is 0.0268. The van der Waals surface area contributed by atoms with Crippen molar-refractivity contribution in [3.05, 3.63) is 98.9 Å². The fraction of sp³-hybridized carbons (Fsp3) is 0.167. The Labute approximate surface area is 197 Å². The molecule has 0 fully saturated rings. The van der Waals surface area contributed by atoms with Crippen LogP contribution in [-0.4, -0.2) is 27.2 Å². The lowest BCUT2D eigenvalue weighted by Crippen LogP contribution is -2.29. The average molecular weight is 483 g/mol. The smallest absolute Gasteiger partial charge is 0.270 e. The molecule has 0 radical (unpaired) electrons. The molecule has 0 bridgehead atoms. The van der Waals surface area contributed by atoms with Gasteiger partial charge < -0.3 is 14.2 Å². The summed E-state index contributed by atoms with van der Waals surface area (Å²) >= 11 is 0. The molecule has 0 aromatic heterocycles. The lowest BCUT2D eigenvalue weighted by atomic mass is 10.1. The number of non-ortho nitro benzene ring substituents is 1. The first-order valence-electron chi connectivity index (χ1n) is 10.3. The summed E-state index contributed by atoms with van der Waals surface area (Å²) in [4.78, 5) is 11.0.